The van der Waals surface area contributed by atoms with Crippen LogP contribution >= 0.6 is 11.6 Å². The highest BCUT2D eigenvalue weighted by Crippen LogP contribution is 2.17. The van der Waals surface area contributed by atoms with Crippen LogP contribution in [0.15, 0.2) is 12.3 Å². The van der Waals surface area contributed by atoms with Crippen molar-refractivity contribution in [2.45, 2.75) is 6.92 Å². The number of aromatic carboxylic acids is 1. The average Bonchev–Trinajstić information content (AvgIpc) is 2.07. The number of pyridine rings is 1. The van der Waals surface area contributed by atoms with E-state index in [1.165, 1.54) is 19.2 Å². The van der Waals surface area contributed by atoms with Crippen molar-refractivity contribution in [3.63, 3.8) is 0 Å². The van der Waals surface area contributed by atoms with E-state index >= 15 is 0 Å². The van der Waals surface area contributed by atoms with E-state index in [1.54, 1.807) is 0 Å². The summed E-state index contributed by atoms with van der Waals surface area (Å²) < 4.78 is 0. The highest BCUT2D eigenvalue weighted by atomic mass is 35.5. The Bertz CT molecular complexity index is 392. The van der Waals surface area contributed by atoms with E-state index in [4.69, 9.17) is 16.7 Å². The van der Waals surface area contributed by atoms with E-state index in [1.807, 2.05) is 0 Å². The molecule has 0 bridgehead atoms. The van der Waals surface area contributed by atoms with Crippen LogP contribution in [0.4, 0.5) is 5.82 Å². The number of carboxylic acid groups (broad SMARTS) is 1. The Kier molecular flexibility index (Phi) is 3.03. The van der Waals surface area contributed by atoms with Gasteiger partial charge in [-0.05, 0) is 6.07 Å². The van der Waals surface area contributed by atoms with Crippen molar-refractivity contribution in [3.05, 3.63) is 22.8 Å². The molecule has 14 heavy (non-hydrogen) atoms. The molecule has 0 aliphatic carbocycles. The van der Waals surface area contributed by atoms with Crippen molar-refractivity contribution in [2.75, 3.05) is 5.32 Å². The molecule has 0 radical (unpaired) electrons. The molecule has 5 nitrogen and oxygen atoms in total. The third-order valence-electron chi connectivity index (χ3n) is 1.39. The van der Waals surface area contributed by atoms with E-state index < -0.39 is 5.97 Å². The van der Waals surface area contributed by atoms with Crippen LogP contribution in [-0.4, -0.2) is 22.0 Å². The largest absolute Gasteiger partial charge is 0.478 e. The number of carbonyl (C=O) groups is 2. The SMILES string of the molecule is CC(=O)Nc1cc(C(=O)O)c(Cl)cn1. The van der Waals surface area contributed by atoms with Gasteiger partial charge in [0.05, 0.1) is 10.6 Å². The van der Waals surface area contributed by atoms with Crippen molar-refractivity contribution in [2.24, 2.45) is 0 Å². The monoisotopic (exact) mass is 214 g/mol. The van der Waals surface area contributed by atoms with Crippen molar-refractivity contribution in [3.8, 4) is 0 Å². The van der Waals surface area contributed by atoms with Crippen molar-refractivity contribution < 1.29 is 14.7 Å². The summed E-state index contributed by atoms with van der Waals surface area (Å²) in [6.07, 6.45) is 1.18. The lowest BCUT2D eigenvalue weighted by molar-refractivity contribution is -0.114. The summed E-state index contributed by atoms with van der Waals surface area (Å²) in [4.78, 5) is 25.0. The normalized spacial score (nSPS) is 9.57. The summed E-state index contributed by atoms with van der Waals surface area (Å²) in [5.41, 5.74) is -0.0922. The zero-order valence-electron chi connectivity index (χ0n) is 7.24. The van der Waals surface area contributed by atoms with Gasteiger partial charge in [-0.3, -0.25) is 4.79 Å². The van der Waals surface area contributed by atoms with Crippen LogP contribution in [0, 0.1) is 0 Å². The zero-order valence-corrected chi connectivity index (χ0v) is 8.00. The summed E-state index contributed by atoms with van der Waals surface area (Å²) >= 11 is 5.57. The molecule has 2 N–H and O–H groups in total. The minimum Gasteiger partial charge on any atom is -0.478 e. The van der Waals surface area contributed by atoms with Gasteiger partial charge in [-0.15, -0.1) is 0 Å². The number of hydrogen-bond acceptors (Lipinski definition) is 3. The Morgan fingerprint density at radius 3 is 2.71 bits per heavy atom. The average molecular weight is 215 g/mol. The second-order valence-corrected chi connectivity index (χ2v) is 2.94. The number of carbonyl (C=O) groups excluding carboxylic acids is 1. The van der Waals surface area contributed by atoms with Crippen molar-refractivity contribution in [1.29, 1.82) is 0 Å². The summed E-state index contributed by atoms with van der Waals surface area (Å²) in [6.45, 7) is 1.30. The third kappa shape index (κ3) is 2.43. The summed E-state index contributed by atoms with van der Waals surface area (Å²) in [7, 11) is 0. The third-order valence-corrected chi connectivity index (χ3v) is 1.69. The molecule has 0 aliphatic rings. The fourth-order valence-corrected chi connectivity index (χ4v) is 1.04. The fourth-order valence-electron chi connectivity index (χ4n) is 0.851. The van der Waals surface area contributed by atoms with Crippen LogP contribution in [0.5, 0.6) is 0 Å². The van der Waals surface area contributed by atoms with Crippen LogP contribution in [0.2, 0.25) is 5.02 Å². The topological polar surface area (TPSA) is 79.3 Å². The standard InChI is InChI=1S/C8H7ClN2O3/c1-4(12)11-7-2-5(8(13)14)6(9)3-10-7/h2-3H,1H3,(H,13,14)(H,10,11,12). The van der Waals surface area contributed by atoms with E-state index in [2.05, 4.69) is 10.3 Å². The van der Waals surface area contributed by atoms with E-state index in [0.29, 0.717) is 0 Å². The Balaban J connectivity index is 3.06. The second-order valence-electron chi connectivity index (χ2n) is 2.54. The second kappa shape index (κ2) is 4.06. The van der Waals surface area contributed by atoms with Gasteiger partial charge in [-0.25, -0.2) is 9.78 Å². The smallest absolute Gasteiger partial charge is 0.337 e. The number of rotatable bonds is 2. The number of aromatic nitrogens is 1. The van der Waals surface area contributed by atoms with Crippen LogP contribution in [0.25, 0.3) is 0 Å². The Labute approximate surface area is 84.7 Å². The van der Waals surface area contributed by atoms with E-state index in [9.17, 15) is 9.59 Å². The molecular weight excluding hydrogens is 208 g/mol. The van der Waals surface area contributed by atoms with Crippen molar-refractivity contribution >= 4 is 29.3 Å². The number of halogens is 1. The Morgan fingerprint density at radius 2 is 2.21 bits per heavy atom. The quantitative estimate of drug-likeness (QED) is 0.780. The first-order valence-electron chi connectivity index (χ1n) is 3.67. The van der Waals surface area contributed by atoms with Crippen LogP contribution in [0.1, 0.15) is 17.3 Å². The molecule has 0 saturated carbocycles. The molecule has 74 valence electrons. The zero-order chi connectivity index (χ0) is 10.7. The van der Waals surface area contributed by atoms with E-state index in [-0.39, 0.29) is 22.3 Å². The fraction of sp³-hybridized carbons (Fsp3) is 0.125. The van der Waals surface area contributed by atoms with Gasteiger partial charge in [-0.2, -0.15) is 0 Å². The molecule has 1 amide bonds. The number of anilines is 1. The Hall–Kier alpha value is -1.62. The maximum Gasteiger partial charge on any atom is 0.337 e. The lowest BCUT2D eigenvalue weighted by Crippen LogP contribution is -2.09. The van der Waals surface area contributed by atoms with Crippen molar-refractivity contribution in [1.82, 2.24) is 4.98 Å². The molecule has 1 aromatic heterocycles. The molecule has 0 spiro atoms. The molecule has 0 fully saturated rings. The molecule has 0 aromatic carbocycles. The molecule has 0 saturated heterocycles. The van der Waals surface area contributed by atoms with Gasteiger partial charge in [0, 0.05) is 13.1 Å². The molecular formula is C8H7ClN2O3. The van der Waals surface area contributed by atoms with Crippen LogP contribution in [0.3, 0.4) is 0 Å². The first kappa shape index (κ1) is 10.5. The summed E-state index contributed by atoms with van der Waals surface area (Å²) in [5.74, 6) is -1.32. The number of nitrogens with one attached hydrogen (secondary N) is 1. The van der Waals surface area contributed by atoms with Crippen LogP contribution in [-0.2, 0) is 4.79 Å². The maximum atomic E-state index is 10.6. The molecule has 0 atom stereocenters. The minimum absolute atomic E-state index is 0.0339. The lowest BCUT2D eigenvalue weighted by Gasteiger charge is -2.03. The number of hydrogen-bond donors (Lipinski definition) is 2. The van der Waals surface area contributed by atoms with Gasteiger partial charge in [0.1, 0.15) is 5.82 Å². The molecule has 1 rings (SSSR count). The summed E-state index contributed by atoms with van der Waals surface area (Å²) in [5, 5.41) is 11.1. The van der Waals surface area contributed by atoms with Gasteiger partial charge < -0.3 is 10.4 Å². The molecule has 1 heterocycles. The predicted molar refractivity (Wildman–Crippen MR) is 50.5 cm³/mol. The first-order chi connectivity index (χ1) is 6.50. The summed E-state index contributed by atoms with van der Waals surface area (Å²) in [6, 6.07) is 1.20. The van der Waals surface area contributed by atoms with Gasteiger partial charge in [0.2, 0.25) is 5.91 Å². The number of carboxylic acids is 1. The number of amides is 1. The van der Waals surface area contributed by atoms with Gasteiger partial charge in [-0.1, -0.05) is 11.6 Å². The molecule has 1 aromatic rings. The van der Waals surface area contributed by atoms with Gasteiger partial charge in [0.15, 0.2) is 0 Å². The predicted octanol–water partition coefficient (Wildman–Crippen LogP) is 1.39. The Morgan fingerprint density at radius 1 is 1.57 bits per heavy atom. The van der Waals surface area contributed by atoms with E-state index in [0.717, 1.165) is 0 Å². The number of nitrogens with zero attached hydrogens (tertiary/aromatic N) is 1. The minimum atomic E-state index is -1.16. The van der Waals surface area contributed by atoms with Gasteiger partial charge in [0.25, 0.3) is 0 Å². The van der Waals surface area contributed by atoms with Crippen LogP contribution < -0.4 is 5.32 Å². The maximum absolute atomic E-state index is 10.6. The lowest BCUT2D eigenvalue weighted by atomic mass is 10.2. The molecule has 6 heteroatoms. The molecule has 0 unspecified atom stereocenters. The van der Waals surface area contributed by atoms with Gasteiger partial charge >= 0.3 is 5.97 Å². The molecule has 0 aliphatic heterocycles. The highest BCUT2D eigenvalue weighted by molar-refractivity contribution is 6.33. The first-order valence-corrected chi connectivity index (χ1v) is 4.05. The highest BCUT2D eigenvalue weighted by Gasteiger charge is 2.10.